The van der Waals surface area contributed by atoms with E-state index in [1.807, 2.05) is 6.07 Å². The van der Waals surface area contributed by atoms with Gasteiger partial charge in [-0.15, -0.1) is 0 Å². The number of rotatable bonds is 5. The van der Waals surface area contributed by atoms with E-state index < -0.39 is 10.0 Å². The van der Waals surface area contributed by atoms with Crippen LogP contribution in [0.3, 0.4) is 0 Å². The van der Waals surface area contributed by atoms with Gasteiger partial charge in [0, 0.05) is 19.6 Å². The molecule has 0 amide bonds. The number of nitrogens with zero attached hydrogens (tertiary/aromatic N) is 1. The fourth-order valence-corrected chi connectivity index (χ4v) is 4.87. The molecule has 1 aliphatic rings. The van der Waals surface area contributed by atoms with Gasteiger partial charge < -0.3 is 5.73 Å². The van der Waals surface area contributed by atoms with E-state index in [1.54, 1.807) is 22.5 Å². The maximum atomic E-state index is 12.9. The van der Waals surface area contributed by atoms with Gasteiger partial charge in [0.2, 0.25) is 10.0 Å². The Balaban J connectivity index is 2.19. The lowest BCUT2D eigenvalue weighted by molar-refractivity contribution is 0.399. The molecule has 118 valence electrons. The summed E-state index contributed by atoms with van der Waals surface area (Å²) in [4.78, 5) is 0.376. The summed E-state index contributed by atoms with van der Waals surface area (Å²) in [6, 6.07) is 7.07. The number of nitrogens with two attached hydrogens (primary N) is 1. The van der Waals surface area contributed by atoms with Crippen LogP contribution in [-0.2, 0) is 16.6 Å². The Hall–Kier alpha value is -0.910. The lowest BCUT2D eigenvalue weighted by Gasteiger charge is -2.21. The summed E-state index contributed by atoms with van der Waals surface area (Å²) in [6.45, 7) is 3.70. The van der Waals surface area contributed by atoms with Gasteiger partial charge in [0.25, 0.3) is 0 Å². The van der Waals surface area contributed by atoms with E-state index in [-0.39, 0.29) is 6.54 Å². The number of hydrogen-bond acceptors (Lipinski definition) is 3. The summed E-state index contributed by atoms with van der Waals surface area (Å²) in [7, 11) is -3.41. The van der Waals surface area contributed by atoms with Crippen molar-refractivity contribution in [2.45, 2.75) is 50.5 Å². The van der Waals surface area contributed by atoms with E-state index in [0.29, 0.717) is 29.5 Å². The monoisotopic (exact) mass is 310 g/mol. The van der Waals surface area contributed by atoms with Gasteiger partial charge in [-0.1, -0.05) is 38.0 Å². The van der Waals surface area contributed by atoms with Gasteiger partial charge in [-0.3, -0.25) is 0 Å². The van der Waals surface area contributed by atoms with Crippen molar-refractivity contribution in [1.29, 1.82) is 0 Å². The predicted octanol–water partition coefficient (Wildman–Crippen LogP) is 2.74. The first-order chi connectivity index (χ1) is 10.1. The van der Waals surface area contributed by atoms with Gasteiger partial charge >= 0.3 is 0 Å². The standard InChI is InChI=1S/C16H26N2O2S/c1-2-6-14-7-5-11-18(12-10-14)21(19,20)16-9-4-3-8-15(16)13-17/h3-4,8-9,14H,2,5-7,10-13,17H2,1H3. The van der Waals surface area contributed by atoms with E-state index in [4.69, 9.17) is 5.73 Å². The zero-order valence-electron chi connectivity index (χ0n) is 12.8. The summed E-state index contributed by atoms with van der Waals surface area (Å²) in [5, 5.41) is 0. The third-order valence-electron chi connectivity index (χ3n) is 4.31. The molecular formula is C16H26N2O2S. The average Bonchev–Trinajstić information content (AvgIpc) is 2.74. The zero-order chi connectivity index (χ0) is 15.3. The third-order valence-corrected chi connectivity index (χ3v) is 6.31. The van der Waals surface area contributed by atoms with E-state index >= 15 is 0 Å². The van der Waals surface area contributed by atoms with Crippen LogP contribution in [-0.4, -0.2) is 25.8 Å². The Kier molecular flexibility index (Phi) is 5.79. The summed E-state index contributed by atoms with van der Waals surface area (Å²) < 4.78 is 27.4. The first-order valence-corrected chi connectivity index (χ1v) is 9.31. The highest BCUT2D eigenvalue weighted by atomic mass is 32.2. The molecule has 1 heterocycles. The molecule has 0 radical (unpaired) electrons. The fraction of sp³-hybridized carbons (Fsp3) is 0.625. The lowest BCUT2D eigenvalue weighted by Crippen LogP contribution is -2.33. The largest absolute Gasteiger partial charge is 0.326 e. The van der Waals surface area contributed by atoms with Crippen LogP contribution in [0.15, 0.2) is 29.2 Å². The van der Waals surface area contributed by atoms with Gasteiger partial charge in [-0.25, -0.2) is 8.42 Å². The summed E-state index contributed by atoms with van der Waals surface area (Å²) >= 11 is 0. The van der Waals surface area contributed by atoms with Gasteiger partial charge in [-0.2, -0.15) is 4.31 Å². The minimum Gasteiger partial charge on any atom is -0.326 e. The van der Waals surface area contributed by atoms with Crippen molar-refractivity contribution in [2.24, 2.45) is 11.7 Å². The second-order valence-electron chi connectivity index (χ2n) is 5.80. The Morgan fingerprint density at radius 1 is 1.24 bits per heavy atom. The third kappa shape index (κ3) is 3.84. The molecule has 1 saturated heterocycles. The van der Waals surface area contributed by atoms with Crippen LogP contribution in [0.4, 0.5) is 0 Å². The number of sulfonamides is 1. The molecule has 1 aromatic carbocycles. The molecule has 0 spiro atoms. The van der Waals surface area contributed by atoms with Crippen LogP contribution < -0.4 is 5.73 Å². The molecule has 1 atom stereocenters. The van der Waals surface area contributed by atoms with Gasteiger partial charge in [0.1, 0.15) is 0 Å². The van der Waals surface area contributed by atoms with E-state index in [2.05, 4.69) is 6.92 Å². The smallest absolute Gasteiger partial charge is 0.243 e. The van der Waals surface area contributed by atoms with E-state index in [0.717, 1.165) is 19.3 Å². The highest BCUT2D eigenvalue weighted by Gasteiger charge is 2.28. The molecule has 5 heteroatoms. The Morgan fingerprint density at radius 3 is 2.71 bits per heavy atom. The van der Waals surface area contributed by atoms with Crippen molar-refractivity contribution in [3.63, 3.8) is 0 Å². The molecule has 0 aromatic heterocycles. The molecule has 21 heavy (non-hydrogen) atoms. The number of benzene rings is 1. The Labute approximate surface area is 128 Å². The van der Waals surface area contributed by atoms with Crippen LogP contribution in [0.25, 0.3) is 0 Å². The van der Waals surface area contributed by atoms with Crippen LogP contribution in [0.1, 0.15) is 44.6 Å². The minimum absolute atomic E-state index is 0.252. The Bertz CT molecular complexity index is 557. The normalized spacial score (nSPS) is 21.1. The Morgan fingerprint density at radius 2 is 2.00 bits per heavy atom. The molecule has 0 saturated carbocycles. The highest BCUT2D eigenvalue weighted by Crippen LogP contribution is 2.27. The van der Waals surface area contributed by atoms with Crippen LogP contribution in [0.5, 0.6) is 0 Å². The van der Waals surface area contributed by atoms with Gasteiger partial charge in [0.15, 0.2) is 0 Å². The maximum absolute atomic E-state index is 12.9. The minimum atomic E-state index is -3.41. The molecule has 1 fully saturated rings. The fourth-order valence-electron chi connectivity index (χ4n) is 3.14. The molecule has 2 N–H and O–H groups in total. The second kappa shape index (κ2) is 7.38. The molecule has 1 unspecified atom stereocenters. The summed E-state index contributed by atoms with van der Waals surface area (Å²) in [5.74, 6) is 0.667. The van der Waals surface area contributed by atoms with Crippen LogP contribution in [0.2, 0.25) is 0 Å². The highest BCUT2D eigenvalue weighted by molar-refractivity contribution is 7.89. The SMILES string of the molecule is CCCC1CCCN(S(=O)(=O)c2ccccc2CN)CC1. The molecule has 2 rings (SSSR count). The summed E-state index contributed by atoms with van der Waals surface area (Å²) in [5.41, 5.74) is 6.39. The first-order valence-electron chi connectivity index (χ1n) is 7.87. The molecule has 1 aromatic rings. The molecule has 4 nitrogen and oxygen atoms in total. The van der Waals surface area contributed by atoms with Gasteiger partial charge in [0.05, 0.1) is 4.90 Å². The maximum Gasteiger partial charge on any atom is 0.243 e. The van der Waals surface area contributed by atoms with Crippen molar-refractivity contribution in [1.82, 2.24) is 4.31 Å². The van der Waals surface area contributed by atoms with E-state index in [1.165, 1.54) is 12.8 Å². The molecule has 0 bridgehead atoms. The van der Waals surface area contributed by atoms with Crippen LogP contribution in [0, 0.1) is 5.92 Å². The topological polar surface area (TPSA) is 63.4 Å². The number of hydrogen-bond donors (Lipinski definition) is 1. The van der Waals surface area contributed by atoms with Crippen molar-refractivity contribution >= 4 is 10.0 Å². The van der Waals surface area contributed by atoms with Crippen molar-refractivity contribution < 1.29 is 8.42 Å². The van der Waals surface area contributed by atoms with Crippen molar-refractivity contribution in [3.05, 3.63) is 29.8 Å². The quantitative estimate of drug-likeness (QED) is 0.909. The first kappa shape index (κ1) is 16.5. The van der Waals surface area contributed by atoms with Crippen LogP contribution >= 0.6 is 0 Å². The molecule has 1 aliphatic heterocycles. The predicted molar refractivity (Wildman–Crippen MR) is 85.3 cm³/mol. The van der Waals surface area contributed by atoms with Crippen molar-refractivity contribution in [2.75, 3.05) is 13.1 Å². The molecule has 0 aliphatic carbocycles. The van der Waals surface area contributed by atoms with Crippen molar-refractivity contribution in [3.8, 4) is 0 Å². The average molecular weight is 310 g/mol. The molecular weight excluding hydrogens is 284 g/mol. The van der Waals surface area contributed by atoms with E-state index in [9.17, 15) is 8.42 Å². The zero-order valence-corrected chi connectivity index (χ0v) is 13.6. The lowest BCUT2D eigenvalue weighted by atomic mass is 9.96. The second-order valence-corrected chi connectivity index (χ2v) is 7.71. The van der Waals surface area contributed by atoms with Gasteiger partial charge in [-0.05, 0) is 36.8 Å². The summed E-state index contributed by atoms with van der Waals surface area (Å²) in [6.07, 6.45) is 5.44.